The van der Waals surface area contributed by atoms with Crippen molar-refractivity contribution in [2.24, 2.45) is 0 Å². The summed E-state index contributed by atoms with van der Waals surface area (Å²) in [5, 5.41) is 6.08. The van der Waals surface area contributed by atoms with Crippen molar-refractivity contribution in [3.63, 3.8) is 0 Å². The van der Waals surface area contributed by atoms with E-state index in [2.05, 4.69) is 22.5 Å². The summed E-state index contributed by atoms with van der Waals surface area (Å²) in [4.78, 5) is 29.3. The first-order chi connectivity index (χ1) is 12.5. The van der Waals surface area contributed by atoms with Crippen LogP contribution in [0, 0.1) is 0 Å². The first-order valence-corrected chi connectivity index (χ1v) is 9.74. The first-order valence-electron chi connectivity index (χ1n) is 8.98. The maximum Gasteiger partial charge on any atom is 0.319 e. The second-order valence-electron chi connectivity index (χ2n) is 6.30. The average Bonchev–Trinajstić information content (AvgIpc) is 2.64. The van der Waals surface area contributed by atoms with Crippen LogP contribution in [0.3, 0.4) is 0 Å². The molecule has 0 saturated carbocycles. The smallest absolute Gasteiger partial charge is 0.319 e. The Hall–Kier alpha value is -1.50. The van der Waals surface area contributed by atoms with Crippen molar-refractivity contribution in [3.8, 4) is 0 Å². The molecule has 8 heteroatoms. The monoisotopic (exact) mass is 400 g/mol. The summed E-state index contributed by atoms with van der Waals surface area (Å²) in [5.74, 6) is -0.0325. The largest absolute Gasteiger partial charge is 0.338 e. The van der Waals surface area contributed by atoms with Crippen molar-refractivity contribution in [2.75, 3.05) is 38.0 Å². The van der Waals surface area contributed by atoms with Gasteiger partial charge in [0.05, 0.1) is 15.7 Å². The molecule has 1 aliphatic heterocycles. The van der Waals surface area contributed by atoms with Gasteiger partial charge >= 0.3 is 6.03 Å². The number of rotatable bonds is 6. The Bertz CT molecular complexity index is 634. The van der Waals surface area contributed by atoms with Gasteiger partial charge in [-0.2, -0.15) is 0 Å². The van der Waals surface area contributed by atoms with Gasteiger partial charge in [-0.1, -0.05) is 49.5 Å². The van der Waals surface area contributed by atoms with E-state index in [9.17, 15) is 9.59 Å². The van der Waals surface area contributed by atoms with E-state index >= 15 is 0 Å². The Morgan fingerprint density at radius 3 is 2.46 bits per heavy atom. The van der Waals surface area contributed by atoms with Gasteiger partial charge in [0.15, 0.2) is 0 Å². The molecule has 1 atom stereocenters. The molecule has 6 nitrogen and oxygen atoms in total. The summed E-state index contributed by atoms with van der Waals surface area (Å²) in [6.45, 7) is 8.21. The van der Waals surface area contributed by atoms with Crippen molar-refractivity contribution >= 4 is 40.8 Å². The van der Waals surface area contributed by atoms with Crippen LogP contribution in [0.25, 0.3) is 0 Å². The van der Waals surface area contributed by atoms with Crippen LogP contribution in [0.15, 0.2) is 18.2 Å². The maximum atomic E-state index is 12.8. The van der Waals surface area contributed by atoms with Crippen LogP contribution in [-0.4, -0.2) is 60.5 Å². The van der Waals surface area contributed by atoms with Crippen LogP contribution in [0.1, 0.15) is 26.7 Å². The van der Waals surface area contributed by atoms with Crippen LogP contribution in [0.2, 0.25) is 10.0 Å². The molecular weight excluding hydrogens is 375 g/mol. The molecule has 1 aliphatic rings. The Morgan fingerprint density at radius 2 is 1.85 bits per heavy atom. The van der Waals surface area contributed by atoms with Gasteiger partial charge in [-0.3, -0.25) is 4.79 Å². The molecule has 3 amide bonds. The van der Waals surface area contributed by atoms with Crippen LogP contribution < -0.4 is 10.6 Å². The number of hydrogen-bond donors (Lipinski definition) is 2. The minimum atomic E-state index is -0.550. The highest BCUT2D eigenvalue weighted by Gasteiger charge is 2.28. The molecule has 144 valence electrons. The molecule has 1 heterocycles. The van der Waals surface area contributed by atoms with Gasteiger partial charge in [-0.25, -0.2) is 4.79 Å². The average molecular weight is 401 g/mol. The van der Waals surface area contributed by atoms with Crippen LogP contribution >= 0.6 is 23.2 Å². The van der Waals surface area contributed by atoms with Gasteiger partial charge in [-0.15, -0.1) is 0 Å². The lowest BCUT2D eigenvalue weighted by atomic mass is 10.1. The third-order valence-electron chi connectivity index (χ3n) is 4.51. The van der Waals surface area contributed by atoms with E-state index in [4.69, 9.17) is 23.2 Å². The van der Waals surface area contributed by atoms with Crippen molar-refractivity contribution in [1.29, 1.82) is 0 Å². The number of nitrogens with one attached hydrogen (secondary N) is 2. The van der Waals surface area contributed by atoms with Crippen molar-refractivity contribution < 1.29 is 9.59 Å². The zero-order valence-electron chi connectivity index (χ0n) is 15.2. The fraction of sp³-hybridized carbons (Fsp3) is 0.556. The molecule has 0 aromatic heterocycles. The predicted octanol–water partition coefficient (Wildman–Crippen LogP) is 3.45. The Kier molecular flexibility index (Phi) is 8.00. The molecule has 2 N–H and O–H groups in total. The molecule has 0 radical (unpaired) electrons. The standard InChI is InChI=1S/C18H26Cl2N4O2/c1-3-6-15(17(25)24-11-9-23(4-2)10-12-24)22-18(26)21-14-8-5-7-13(19)16(14)20/h5,7-8,15H,3-4,6,9-12H2,1-2H3,(H2,21,22,26). The van der Waals surface area contributed by atoms with Crippen LogP contribution in [0.5, 0.6) is 0 Å². The predicted molar refractivity (Wildman–Crippen MR) is 106 cm³/mol. The van der Waals surface area contributed by atoms with Crippen LogP contribution in [0.4, 0.5) is 10.5 Å². The van der Waals surface area contributed by atoms with Crippen molar-refractivity contribution in [3.05, 3.63) is 28.2 Å². The molecule has 1 aromatic rings. The summed E-state index contributed by atoms with van der Waals surface area (Å²) in [6.07, 6.45) is 1.38. The summed E-state index contributed by atoms with van der Waals surface area (Å²) in [7, 11) is 0. The van der Waals surface area contributed by atoms with E-state index in [1.807, 2.05) is 11.8 Å². The number of carbonyl (C=O) groups is 2. The lowest BCUT2D eigenvalue weighted by molar-refractivity contribution is -0.135. The van der Waals surface area contributed by atoms with Gasteiger partial charge in [0.2, 0.25) is 5.91 Å². The normalized spacial score (nSPS) is 16.2. The quantitative estimate of drug-likeness (QED) is 0.768. The third kappa shape index (κ3) is 5.50. The minimum Gasteiger partial charge on any atom is -0.338 e. The number of carbonyl (C=O) groups excluding carboxylic acids is 2. The number of nitrogens with zero attached hydrogens (tertiary/aromatic N) is 2. The lowest BCUT2D eigenvalue weighted by Crippen LogP contribution is -2.55. The Labute approximate surface area is 164 Å². The van der Waals surface area contributed by atoms with Gasteiger partial charge in [0.1, 0.15) is 6.04 Å². The molecule has 1 saturated heterocycles. The van der Waals surface area contributed by atoms with Crippen LogP contribution in [-0.2, 0) is 4.79 Å². The van der Waals surface area contributed by atoms with E-state index in [1.54, 1.807) is 18.2 Å². The first kappa shape index (κ1) is 20.8. The zero-order chi connectivity index (χ0) is 19.1. The second-order valence-corrected chi connectivity index (χ2v) is 7.09. The number of benzene rings is 1. The van der Waals surface area contributed by atoms with Gasteiger partial charge in [0.25, 0.3) is 0 Å². The van der Waals surface area contributed by atoms with E-state index in [-0.39, 0.29) is 10.9 Å². The Morgan fingerprint density at radius 1 is 1.15 bits per heavy atom. The number of hydrogen-bond acceptors (Lipinski definition) is 3. The number of halogens is 2. The number of anilines is 1. The second kappa shape index (κ2) is 10.00. The number of likely N-dealkylation sites (N-methyl/N-ethyl adjacent to an activating group) is 1. The number of amides is 3. The summed E-state index contributed by atoms with van der Waals surface area (Å²) in [6, 6.07) is 3.99. The highest BCUT2D eigenvalue weighted by Crippen LogP contribution is 2.29. The topological polar surface area (TPSA) is 64.7 Å². The molecule has 0 spiro atoms. The lowest BCUT2D eigenvalue weighted by Gasteiger charge is -2.36. The maximum absolute atomic E-state index is 12.8. The fourth-order valence-electron chi connectivity index (χ4n) is 2.97. The number of urea groups is 1. The zero-order valence-corrected chi connectivity index (χ0v) is 16.7. The third-order valence-corrected chi connectivity index (χ3v) is 5.33. The molecule has 26 heavy (non-hydrogen) atoms. The van der Waals surface area contributed by atoms with E-state index in [1.165, 1.54) is 0 Å². The Balaban J connectivity index is 1.97. The minimum absolute atomic E-state index is 0.0325. The van der Waals surface area contributed by atoms with E-state index in [0.29, 0.717) is 30.2 Å². The van der Waals surface area contributed by atoms with E-state index in [0.717, 1.165) is 26.1 Å². The molecule has 1 aromatic carbocycles. The van der Waals surface area contributed by atoms with Gasteiger partial charge in [0, 0.05) is 26.2 Å². The van der Waals surface area contributed by atoms with Crippen molar-refractivity contribution in [1.82, 2.24) is 15.1 Å². The van der Waals surface area contributed by atoms with Gasteiger partial charge < -0.3 is 20.4 Å². The van der Waals surface area contributed by atoms with E-state index < -0.39 is 12.1 Å². The molecule has 1 fully saturated rings. The van der Waals surface area contributed by atoms with Gasteiger partial charge in [-0.05, 0) is 25.1 Å². The SMILES string of the molecule is CCCC(NC(=O)Nc1cccc(Cl)c1Cl)C(=O)N1CCN(CC)CC1. The van der Waals surface area contributed by atoms with Crippen molar-refractivity contribution in [2.45, 2.75) is 32.7 Å². The molecule has 0 aliphatic carbocycles. The highest BCUT2D eigenvalue weighted by atomic mass is 35.5. The molecular formula is C18H26Cl2N4O2. The summed E-state index contributed by atoms with van der Waals surface area (Å²) >= 11 is 12.1. The number of piperazine rings is 1. The highest BCUT2D eigenvalue weighted by molar-refractivity contribution is 6.43. The molecule has 2 rings (SSSR count). The molecule has 1 unspecified atom stereocenters. The summed E-state index contributed by atoms with van der Waals surface area (Å²) < 4.78 is 0. The summed E-state index contributed by atoms with van der Waals surface area (Å²) in [5.41, 5.74) is 0.413. The molecule has 0 bridgehead atoms. The fourth-order valence-corrected chi connectivity index (χ4v) is 3.32.